The Morgan fingerprint density at radius 1 is 1.33 bits per heavy atom. The lowest BCUT2D eigenvalue weighted by Gasteiger charge is -2.27. The number of hydrogen-bond donors (Lipinski definition) is 0. The highest BCUT2D eigenvalue weighted by Gasteiger charge is 2.29. The van der Waals surface area contributed by atoms with Crippen LogP contribution in [0.5, 0.6) is 0 Å². The molecule has 0 saturated heterocycles. The Labute approximate surface area is 131 Å². The van der Waals surface area contributed by atoms with Crippen molar-refractivity contribution in [1.82, 2.24) is 9.29 Å². The molecule has 6 nitrogen and oxygen atoms in total. The summed E-state index contributed by atoms with van der Waals surface area (Å²) in [5.74, 6) is 0.292. The molecule has 0 aliphatic heterocycles. The molecule has 0 aliphatic carbocycles. The minimum atomic E-state index is -3.70. The van der Waals surface area contributed by atoms with E-state index in [1.54, 1.807) is 13.0 Å². The summed E-state index contributed by atoms with van der Waals surface area (Å²) in [6.07, 6.45) is 1.47. The van der Waals surface area contributed by atoms with Crippen molar-refractivity contribution in [2.45, 2.75) is 23.9 Å². The molecular weight excluding hydrogens is 316 g/mol. The molecule has 0 fully saturated rings. The predicted molar refractivity (Wildman–Crippen MR) is 80.9 cm³/mol. The Morgan fingerprint density at radius 3 is 2.52 bits per heavy atom. The van der Waals surface area contributed by atoms with Gasteiger partial charge in [0.25, 0.3) is 10.0 Å². The maximum absolute atomic E-state index is 12.7. The largest absolute Gasteiger partial charge is 0.383 e. The van der Waals surface area contributed by atoms with E-state index in [4.69, 9.17) is 21.1 Å². The Kier molecular flexibility index (Phi) is 7.55. The highest BCUT2D eigenvalue weighted by Crippen LogP contribution is 2.17. The van der Waals surface area contributed by atoms with Crippen LogP contribution in [0, 0.1) is 0 Å². The summed E-state index contributed by atoms with van der Waals surface area (Å²) in [6.45, 7) is 2.61. The van der Waals surface area contributed by atoms with Gasteiger partial charge in [-0.3, -0.25) is 0 Å². The van der Waals surface area contributed by atoms with Gasteiger partial charge in [0.15, 0.2) is 5.03 Å². The number of ether oxygens (including phenoxy) is 2. The van der Waals surface area contributed by atoms with E-state index in [1.165, 1.54) is 30.8 Å². The monoisotopic (exact) mass is 336 g/mol. The van der Waals surface area contributed by atoms with E-state index < -0.39 is 10.0 Å². The lowest BCUT2D eigenvalue weighted by molar-refractivity contribution is 0.119. The molecule has 0 spiro atoms. The molecule has 21 heavy (non-hydrogen) atoms. The number of alkyl halides is 1. The lowest BCUT2D eigenvalue weighted by atomic mass is 10.3. The highest BCUT2D eigenvalue weighted by molar-refractivity contribution is 7.89. The molecule has 0 saturated carbocycles. The number of sulfonamides is 1. The number of halogens is 1. The van der Waals surface area contributed by atoms with E-state index in [-0.39, 0.29) is 17.6 Å². The van der Waals surface area contributed by atoms with Crippen LogP contribution < -0.4 is 0 Å². The van der Waals surface area contributed by atoms with Crippen LogP contribution in [-0.2, 0) is 25.4 Å². The normalized spacial score (nSPS) is 13.6. The van der Waals surface area contributed by atoms with E-state index in [0.29, 0.717) is 19.1 Å². The summed E-state index contributed by atoms with van der Waals surface area (Å²) in [6, 6.07) is 2.80. The summed E-state index contributed by atoms with van der Waals surface area (Å²) < 4.78 is 36.7. The minimum absolute atomic E-state index is 0.00424. The molecule has 120 valence electrons. The summed E-state index contributed by atoms with van der Waals surface area (Å²) in [7, 11) is -0.641. The van der Waals surface area contributed by atoms with Crippen molar-refractivity contribution in [2.75, 3.05) is 34.0 Å². The average molecular weight is 337 g/mol. The first-order chi connectivity index (χ1) is 9.97. The Balaban J connectivity index is 3.06. The van der Waals surface area contributed by atoms with Crippen LogP contribution in [0.4, 0.5) is 0 Å². The van der Waals surface area contributed by atoms with E-state index in [2.05, 4.69) is 4.98 Å². The number of methoxy groups -OCH3 is 2. The average Bonchev–Trinajstić information content (AvgIpc) is 2.47. The van der Waals surface area contributed by atoms with E-state index in [1.807, 2.05) is 0 Å². The van der Waals surface area contributed by atoms with Crippen LogP contribution in [0.1, 0.15) is 12.5 Å². The Hall–Kier alpha value is -0.730. The second-order valence-corrected chi connectivity index (χ2v) is 6.66. The van der Waals surface area contributed by atoms with Gasteiger partial charge in [0, 0.05) is 38.9 Å². The van der Waals surface area contributed by atoms with E-state index in [9.17, 15) is 8.42 Å². The molecule has 1 rings (SSSR count). The zero-order valence-electron chi connectivity index (χ0n) is 12.5. The topological polar surface area (TPSA) is 68.7 Å². The summed E-state index contributed by atoms with van der Waals surface area (Å²) >= 11 is 5.68. The number of nitrogens with zero attached hydrogens (tertiary/aromatic N) is 2. The third kappa shape index (κ3) is 4.89. The predicted octanol–water partition coefficient (Wildman–Crippen LogP) is 1.49. The molecule has 0 aromatic carbocycles. The Morgan fingerprint density at radius 2 is 2.05 bits per heavy atom. The first kappa shape index (κ1) is 18.3. The van der Waals surface area contributed by atoms with Crippen molar-refractivity contribution in [3.63, 3.8) is 0 Å². The summed E-state index contributed by atoms with van der Waals surface area (Å²) in [5, 5.41) is -0.00424. The molecule has 0 radical (unpaired) electrons. The fourth-order valence-corrected chi connectivity index (χ4v) is 3.52. The van der Waals surface area contributed by atoms with Crippen LogP contribution in [0.15, 0.2) is 23.4 Å². The van der Waals surface area contributed by atoms with Gasteiger partial charge in [-0.25, -0.2) is 13.4 Å². The molecule has 0 bridgehead atoms. The third-order valence-corrected chi connectivity index (χ3v) is 5.18. The van der Waals surface area contributed by atoms with Gasteiger partial charge in [-0.2, -0.15) is 4.31 Å². The molecule has 1 aromatic rings. The van der Waals surface area contributed by atoms with Gasteiger partial charge in [-0.1, -0.05) is 6.07 Å². The van der Waals surface area contributed by atoms with Crippen LogP contribution >= 0.6 is 11.6 Å². The lowest BCUT2D eigenvalue weighted by Crippen LogP contribution is -2.43. The molecule has 1 atom stereocenters. The number of aromatic nitrogens is 1. The molecule has 0 aliphatic rings. The zero-order chi connectivity index (χ0) is 15.9. The van der Waals surface area contributed by atoms with Gasteiger partial charge < -0.3 is 9.47 Å². The number of hydrogen-bond acceptors (Lipinski definition) is 5. The fraction of sp³-hybridized carbons (Fsp3) is 0.615. The Bertz CT molecular complexity index is 521. The van der Waals surface area contributed by atoms with Gasteiger partial charge in [-0.05, 0) is 18.6 Å². The fourth-order valence-electron chi connectivity index (χ4n) is 1.85. The van der Waals surface area contributed by atoms with Crippen molar-refractivity contribution in [1.29, 1.82) is 0 Å². The number of rotatable bonds is 9. The second-order valence-electron chi connectivity index (χ2n) is 4.55. The van der Waals surface area contributed by atoms with Crippen molar-refractivity contribution in [3.05, 3.63) is 23.9 Å². The first-order valence-corrected chi connectivity index (χ1v) is 8.45. The smallest absolute Gasteiger partial charge is 0.260 e. The molecule has 0 N–H and O–H groups in total. The quantitative estimate of drug-likeness (QED) is 0.639. The van der Waals surface area contributed by atoms with Crippen LogP contribution in [0.25, 0.3) is 0 Å². The molecule has 0 amide bonds. The van der Waals surface area contributed by atoms with Crippen molar-refractivity contribution >= 4 is 21.6 Å². The van der Waals surface area contributed by atoms with Crippen molar-refractivity contribution in [3.8, 4) is 0 Å². The van der Waals surface area contributed by atoms with E-state index >= 15 is 0 Å². The van der Waals surface area contributed by atoms with Crippen LogP contribution in [-0.4, -0.2) is 57.7 Å². The van der Waals surface area contributed by atoms with Gasteiger partial charge in [0.05, 0.1) is 13.2 Å². The van der Waals surface area contributed by atoms with Gasteiger partial charge >= 0.3 is 0 Å². The molecule has 1 aromatic heterocycles. The van der Waals surface area contributed by atoms with Crippen LogP contribution in [0.3, 0.4) is 0 Å². The molecule has 8 heteroatoms. The second kappa shape index (κ2) is 8.65. The van der Waals surface area contributed by atoms with Gasteiger partial charge in [0.1, 0.15) is 0 Å². The maximum Gasteiger partial charge on any atom is 0.260 e. The summed E-state index contributed by atoms with van der Waals surface area (Å²) in [4.78, 5) is 4.00. The highest BCUT2D eigenvalue weighted by atomic mass is 35.5. The van der Waals surface area contributed by atoms with Gasteiger partial charge in [0.2, 0.25) is 0 Å². The zero-order valence-corrected chi connectivity index (χ0v) is 14.0. The van der Waals surface area contributed by atoms with Crippen molar-refractivity contribution < 1.29 is 17.9 Å². The first-order valence-electron chi connectivity index (χ1n) is 6.48. The molecular formula is C13H21ClN2O4S. The summed E-state index contributed by atoms with van der Waals surface area (Å²) in [5.41, 5.74) is 0.768. The molecule has 1 heterocycles. The SMILES string of the molecule is COCCN(C(C)COC)S(=O)(=O)c1ccc(CCl)cn1. The standard InChI is InChI=1S/C13H21ClN2O4S/c1-11(10-20-3)16(6-7-19-2)21(17,18)13-5-4-12(8-14)9-15-13/h4-5,9,11H,6-8,10H2,1-3H3. The maximum atomic E-state index is 12.7. The van der Waals surface area contributed by atoms with Crippen molar-refractivity contribution in [2.24, 2.45) is 0 Å². The minimum Gasteiger partial charge on any atom is -0.383 e. The molecule has 1 unspecified atom stereocenters. The van der Waals surface area contributed by atoms with Crippen LogP contribution in [0.2, 0.25) is 0 Å². The van der Waals surface area contributed by atoms with E-state index in [0.717, 1.165) is 5.56 Å². The number of pyridine rings is 1. The van der Waals surface area contributed by atoms with Gasteiger partial charge in [-0.15, -0.1) is 11.6 Å². The third-order valence-electron chi connectivity index (χ3n) is 2.94.